The van der Waals surface area contributed by atoms with Crippen molar-refractivity contribution in [2.24, 2.45) is 0 Å². The molecule has 0 amide bonds. The van der Waals surface area contributed by atoms with Crippen molar-refractivity contribution in [1.29, 1.82) is 0 Å². The lowest BCUT2D eigenvalue weighted by atomic mass is 10.1. The Kier molecular flexibility index (Phi) is 3.04. The van der Waals surface area contributed by atoms with Gasteiger partial charge < -0.3 is 9.47 Å². The van der Waals surface area contributed by atoms with E-state index < -0.39 is 0 Å². The summed E-state index contributed by atoms with van der Waals surface area (Å²) in [4.78, 5) is 0. The van der Waals surface area contributed by atoms with Crippen molar-refractivity contribution >= 4 is 0 Å². The Bertz CT molecular complexity index is 275. The second-order valence-corrected chi connectivity index (χ2v) is 3.70. The van der Waals surface area contributed by atoms with E-state index in [0.717, 1.165) is 18.8 Å². The van der Waals surface area contributed by atoms with Crippen LogP contribution in [0.2, 0.25) is 0 Å². The molecule has 0 N–H and O–H groups in total. The van der Waals surface area contributed by atoms with Gasteiger partial charge in [-0.3, -0.25) is 0 Å². The molecule has 1 fully saturated rings. The van der Waals surface area contributed by atoms with E-state index in [2.05, 4.69) is 12.1 Å². The number of aryl methyl sites for hydroxylation is 1. The third kappa shape index (κ3) is 2.74. The van der Waals surface area contributed by atoms with Crippen LogP contribution in [0.5, 0.6) is 5.75 Å². The van der Waals surface area contributed by atoms with Crippen LogP contribution in [-0.4, -0.2) is 19.8 Å². The molecule has 0 aromatic heterocycles. The molecule has 14 heavy (non-hydrogen) atoms. The molecule has 1 heterocycles. The van der Waals surface area contributed by atoms with Gasteiger partial charge in [0.15, 0.2) is 0 Å². The van der Waals surface area contributed by atoms with Gasteiger partial charge >= 0.3 is 0 Å². The van der Waals surface area contributed by atoms with Gasteiger partial charge in [-0.15, -0.1) is 0 Å². The summed E-state index contributed by atoms with van der Waals surface area (Å²) in [6.07, 6.45) is 4.13. The van der Waals surface area contributed by atoms with Crippen molar-refractivity contribution in [2.75, 3.05) is 13.7 Å². The SMILES string of the molecule is COc1ccc(CCCC2CO2)cc1. The maximum atomic E-state index is 5.16. The highest BCUT2D eigenvalue weighted by molar-refractivity contribution is 5.27. The van der Waals surface area contributed by atoms with E-state index in [0.29, 0.717) is 6.10 Å². The molecule has 0 spiro atoms. The molecule has 0 radical (unpaired) electrons. The Hall–Kier alpha value is -1.02. The number of rotatable bonds is 5. The smallest absolute Gasteiger partial charge is 0.118 e. The number of benzene rings is 1. The molecule has 0 saturated carbocycles. The monoisotopic (exact) mass is 192 g/mol. The van der Waals surface area contributed by atoms with Crippen molar-refractivity contribution in [1.82, 2.24) is 0 Å². The molecular weight excluding hydrogens is 176 g/mol. The summed E-state index contributed by atoms with van der Waals surface area (Å²) in [6.45, 7) is 0.975. The van der Waals surface area contributed by atoms with Gasteiger partial charge in [-0.1, -0.05) is 12.1 Å². The first-order valence-corrected chi connectivity index (χ1v) is 5.13. The van der Waals surface area contributed by atoms with Crippen molar-refractivity contribution < 1.29 is 9.47 Å². The Morgan fingerprint density at radius 3 is 2.64 bits per heavy atom. The van der Waals surface area contributed by atoms with Crippen LogP contribution in [-0.2, 0) is 11.2 Å². The Labute approximate surface area is 84.8 Å². The number of epoxide rings is 1. The van der Waals surface area contributed by atoms with Gasteiger partial charge in [-0.25, -0.2) is 0 Å². The highest BCUT2D eigenvalue weighted by Gasteiger charge is 2.20. The summed E-state index contributed by atoms with van der Waals surface area (Å²) >= 11 is 0. The van der Waals surface area contributed by atoms with Crippen LogP contribution >= 0.6 is 0 Å². The van der Waals surface area contributed by atoms with Crippen molar-refractivity contribution in [3.8, 4) is 5.75 Å². The molecule has 0 aliphatic carbocycles. The van der Waals surface area contributed by atoms with Gasteiger partial charge in [0.1, 0.15) is 5.75 Å². The number of methoxy groups -OCH3 is 1. The number of ether oxygens (including phenoxy) is 2. The van der Waals surface area contributed by atoms with Crippen LogP contribution in [0.1, 0.15) is 18.4 Å². The fourth-order valence-electron chi connectivity index (χ4n) is 1.56. The van der Waals surface area contributed by atoms with Crippen LogP contribution in [0.25, 0.3) is 0 Å². The van der Waals surface area contributed by atoms with Gasteiger partial charge in [0.2, 0.25) is 0 Å². The van der Waals surface area contributed by atoms with Gasteiger partial charge in [0.05, 0.1) is 19.8 Å². The van der Waals surface area contributed by atoms with E-state index in [-0.39, 0.29) is 0 Å². The van der Waals surface area contributed by atoms with Gasteiger partial charge in [-0.05, 0) is 37.0 Å². The Morgan fingerprint density at radius 2 is 2.07 bits per heavy atom. The quantitative estimate of drug-likeness (QED) is 0.668. The maximum Gasteiger partial charge on any atom is 0.118 e. The summed E-state index contributed by atoms with van der Waals surface area (Å²) in [5, 5.41) is 0. The summed E-state index contributed by atoms with van der Waals surface area (Å²) in [7, 11) is 1.69. The molecule has 2 heteroatoms. The predicted molar refractivity (Wildman–Crippen MR) is 55.7 cm³/mol. The molecule has 1 saturated heterocycles. The third-order valence-electron chi connectivity index (χ3n) is 2.55. The average Bonchev–Trinajstić information content (AvgIpc) is 3.03. The Morgan fingerprint density at radius 1 is 1.36 bits per heavy atom. The lowest BCUT2D eigenvalue weighted by molar-refractivity contribution is 0.392. The number of hydrogen-bond donors (Lipinski definition) is 0. The first kappa shape index (κ1) is 9.53. The molecule has 0 bridgehead atoms. The summed E-state index contributed by atoms with van der Waals surface area (Å²) in [6, 6.07) is 8.30. The normalized spacial score (nSPS) is 19.4. The van der Waals surface area contributed by atoms with Crippen LogP contribution < -0.4 is 4.74 Å². The van der Waals surface area contributed by atoms with E-state index in [1.807, 2.05) is 12.1 Å². The fraction of sp³-hybridized carbons (Fsp3) is 0.500. The zero-order chi connectivity index (χ0) is 9.80. The number of hydrogen-bond acceptors (Lipinski definition) is 2. The van der Waals surface area contributed by atoms with Gasteiger partial charge in [0.25, 0.3) is 0 Å². The highest BCUT2D eigenvalue weighted by Crippen LogP contribution is 2.18. The largest absolute Gasteiger partial charge is 0.497 e. The van der Waals surface area contributed by atoms with Crippen LogP contribution in [0.3, 0.4) is 0 Å². The topological polar surface area (TPSA) is 21.8 Å². The van der Waals surface area contributed by atoms with Crippen molar-refractivity contribution in [3.05, 3.63) is 29.8 Å². The molecule has 1 aromatic rings. The molecule has 76 valence electrons. The van der Waals surface area contributed by atoms with E-state index in [1.165, 1.54) is 18.4 Å². The van der Waals surface area contributed by atoms with Gasteiger partial charge in [0, 0.05) is 0 Å². The van der Waals surface area contributed by atoms with Crippen LogP contribution in [0, 0.1) is 0 Å². The molecule has 2 nitrogen and oxygen atoms in total. The molecule has 2 rings (SSSR count). The molecule has 1 aliphatic rings. The minimum atomic E-state index is 0.563. The van der Waals surface area contributed by atoms with Crippen molar-refractivity contribution in [3.63, 3.8) is 0 Å². The zero-order valence-corrected chi connectivity index (χ0v) is 8.53. The summed E-state index contributed by atoms with van der Waals surface area (Å²) < 4.78 is 10.3. The lowest BCUT2D eigenvalue weighted by Gasteiger charge is -2.02. The van der Waals surface area contributed by atoms with E-state index in [9.17, 15) is 0 Å². The van der Waals surface area contributed by atoms with Crippen LogP contribution in [0.15, 0.2) is 24.3 Å². The minimum absolute atomic E-state index is 0.563. The maximum absolute atomic E-state index is 5.16. The van der Waals surface area contributed by atoms with E-state index in [1.54, 1.807) is 7.11 Å². The molecule has 1 atom stereocenters. The first-order chi connectivity index (χ1) is 6.88. The summed E-state index contributed by atoms with van der Waals surface area (Å²) in [5.74, 6) is 0.930. The van der Waals surface area contributed by atoms with E-state index >= 15 is 0 Å². The zero-order valence-electron chi connectivity index (χ0n) is 8.53. The minimum Gasteiger partial charge on any atom is -0.497 e. The standard InChI is InChI=1S/C12H16O2/c1-13-11-7-5-10(6-8-11)3-2-4-12-9-14-12/h5-8,12H,2-4,9H2,1H3. The van der Waals surface area contributed by atoms with Crippen LogP contribution in [0.4, 0.5) is 0 Å². The average molecular weight is 192 g/mol. The summed E-state index contributed by atoms with van der Waals surface area (Å²) in [5.41, 5.74) is 1.38. The predicted octanol–water partition coefficient (Wildman–Crippen LogP) is 2.42. The van der Waals surface area contributed by atoms with Crippen molar-refractivity contribution in [2.45, 2.75) is 25.4 Å². The highest BCUT2D eigenvalue weighted by atomic mass is 16.6. The molecular formula is C12H16O2. The first-order valence-electron chi connectivity index (χ1n) is 5.13. The molecule has 1 aliphatic heterocycles. The van der Waals surface area contributed by atoms with Gasteiger partial charge in [-0.2, -0.15) is 0 Å². The van der Waals surface area contributed by atoms with E-state index in [4.69, 9.17) is 9.47 Å². The lowest BCUT2D eigenvalue weighted by Crippen LogP contribution is -1.90. The molecule has 1 aromatic carbocycles. The third-order valence-corrected chi connectivity index (χ3v) is 2.55. The second kappa shape index (κ2) is 4.47. The Balaban J connectivity index is 1.77. The fourth-order valence-corrected chi connectivity index (χ4v) is 1.56. The molecule has 1 unspecified atom stereocenters. The second-order valence-electron chi connectivity index (χ2n) is 3.70.